The molecular weight excluding hydrogens is 270 g/mol. The van der Waals surface area contributed by atoms with Gasteiger partial charge in [-0.15, -0.1) is 0 Å². The van der Waals surface area contributed by atoms with Gasteiger partial charge in [0.15, 0.2) is 0 Å². The third kappa shape index (κ3) is 5.97. The number of benzene rings is 1. The highest BCUT2D eigenvalue weighted by molar-refractivity contribution is 5.26. The van der Waals surface area contributed by atoms with Crippen LogP contribution in [0.1, 0.15) is 17.0 Å². The van der Waals surface area contributed by atoms with E-state index >= 15 is 0 Å². The topological polar surface area (TPSA) is 53.7 Å². The van der Waals surface area contributed by atoms with E-state index in [0.29, 0.717) is 33.0 Å². The van der Waals surface area contributed by atoms with E-state index < -0.39 is 0 Å². The molecule has 5 heteroatoms. The van der Waals surface area contributed by atoms with Crippen LogP contribution in [0.3, 0.4) is 0 Å². The number of hydrogen-bond donors (Lipinski definition) is 0. The van der Waals surface area contributed by atoms with Crippen LogP contribution in [0, 0.1) is 13.8 Å². The molecule has 21 heavy (non-hydrogen) atoms. The molecule has 0 unspecified atom stereocenters. The predicted molar refractivity (Wildman–Crippen MR) is 78.4 cm³/mol. The van der Waals surface area contributed by atoms with Crippen LogP contribution in [-0.2, 0) is 16.1 Å². The summed E-state index contributed by atoms with van der Waals surface area (Å²) < 4.78 is 21.3. The van der Waals surface area contributed by atoms with Gasteiger partial charge < -0.3 is 18.7 Å². The average Bonchev–Trinajstić information content (AvgIpc) is 2.89. The first kappa shape index (κ1) is 15.5. The van der Waals surface area contributed by atoms with Gasteiger partial charge in [0.05, 0.1) is 26.4 Å². The monoisotopic (exact) mass is 291 g/mol. The van der Waals surface area contributed by atoms with Crippen molar-refractivity contribution in [2.45, 2.75) is 20.5 Å². The lowest BCUT2D eigenvalue weighted by Crippen LogP contribution is -2.10. The summed E-state index contributed by atoms with van der Waals surface area (Å²) in [6, 6.07) is 9.82. The van der Waals surface area contributed by atoms with E-state index in [1.807, 2.05) is 44.2 Å². The molecule has 0 aliphatic rings. The number of ether oxygens (including phenoxy) is 3. The van der Waals surface area contributed by atoms with E-state index in [0.717, 1.165) is 17.2 Å². The van der Waals surface area contributed by atoms with Crippen molar-refractivity contribution in [3.05, 3.63) is 47.3 Å². The first-order chi connectivity index (χ1) is 10.2. The number of aromatic nitrogens is 1. The number of aryl methyl sites for hydroxylation is 2. The molecule has 0 spiro atoms. The Labute approximate surface area is 124 Å². The average molecular weight is 291 g/mol. The first-order valence-electron chi connectivity index (χ1n) is 7.01. The molecule has 2 rings (SSSR count). The summed E-state index contributed by atoms with van der Waals surface area (Å²) in [5.41, 5.74) is 2.02. The van der Waals surface area contributed by atoms with Crippen LogP contribution in [0.5, 0.6) is 5.75 Å². The molecule has 5 nitrogen and oxygen atoms in total. The van der Waals surface area contributed by atoms with Gasteiger partial charge in [-0.2, -0.15) is 0 Å². The van der Waals surface area contributed by atoms with Crippen LogP contribution in [0.25, 0.3) is 0 Å². The maximum atomic E-state index is 5.55. The molecule has 1 aromatic carbocycles. The van der Waals surface area contributed by atoms with Crippen LogP contribution in [0.4, 0.5) is 0 Å². The Morgan fingerprint density at radius 1 is 0.952 bits per heavy atom. The molecule has 0 saturated heterocycles. The molecule has 0 N–H and O–H groups in total. The van der Waals surface area contributed by atoms with Gasteiger partial charge >= 0.3 is 0 Å². The number of nitrogens with zero attached hydrogens (tertiary/aromatic N) is 1. The van der Waals surface area contributed by atoms with Crippen molar-refractivity contribution in [2.24, 2.45) is 0 Å². The quantitative estimate of drug-likeness (QED) is 0.665. The normalized spacial score (nSPS) is 10.8. The largest absolute Gasteiger partial charge is 0.491 e. The minimum absolute atomic E-state index is 0.445. The van der Waals surface area contributed by atoms with Crippen LogP contribution in [0.2, 0.25) is 0 Å². The van der Waals surface area contributed by atoms with Crippen LogP contribution >= 0.6 is 0 Å². The third-order valence-corrected chi connectivity index (χ3v) is 2.82. The van der Waals surface area contributed by atoms with Crippen LogP contribution in [-0.4, -0.2) is 31.6 Å². The Hall–Kier alpha value is -1.85. The molecule has 0 bridgehead atoms. The second kappa shape index (κ2) is 8.44. The Morgan fingerprint density at radius 2 is 1.67 bits per heavy atom. The molecule has 0 atom stereocenters. The third-order valence-electron chi connectivity index (χ3n) is 2.82. The summed E-state index contributed by atoms with van der Waals surface area (Å²) in [4.78, 5) is 0. The van der Waals surface area contributed by atoms with Crippen molar-refractivity contribution in [1.29, 1.82) is 0 Å². The number of rotatable bonds is 9. The Kier molecular flexibility index (Phi) is 6.24. The van der Waals surface area contributed by atoms with Crippen molar-refractivity contribution in [1.82, 2.24) is 5.16 Å². The van der Waals surface area contributed by atoms with E-state index in [1.54, 1.807) is 0 Å². The fourth-order valence-electron chi connectivity index (χ4n) is 1.74. The Balaban J connectivity index is 1.46. The van der Waals surface area contributed by atoms with Gasteiger partial charge in [0.25, 0.3) is 0 Å². The van der Waals surface area contributed by atoms with E-state index in [4.69, 9.17) is 18.7 Å². The van der Waals surface area contributed by atoms with Gasteiger partial charge in [-0.05, 0) is 26.0 Å². The van der Waals surface area contributed by atoms with Gasteiger partial charge in [0.1, 0.15) is 23.8 Å². The maximum Gasteiger partial charge on any atom is 0.134 e. The maximum absolute atomic E-state index is 5.55. The van der Waals surface area contributed by atoms with Crippen molar-refractivity contribution in [2.75, 3.05) is 26.4 Å². The fraction of sp³-hybridized carbons (Fsp3) is 0.438. The molecular formula is C16H21NO4. The highest BCUT2D eigenvalue weighted by Gasteiger charge is 1.99. The smallest absolute Gasteiger partial charge is 0.134 e. The zero-order valence-electron chi connectivity index (χ0n) is 12.5. The van der Waals surface area contributed by atoms with Crippen molar-refractivity contribution in [3.63, 3.8) is 0 Å². The van der Waals surface area contributed by atoms with E-state index in [1.165, 1.54) is 5.56 Å². The zero-order chi connectivity index (χ0) is 14.9. The predicted octanol–water partition coefficient (Wildman–Crippen LogP) is 2.90. The Morgan fingerprint density at radius 3 is 2.38 bits per heavy atom. The molecule has 0 saturated carbocycles. The lowest BCUT2D eigenvalue weighted by molar-refractivity contribution is 0.0288. The van der Waals surface area contributed by atoms with E-state index in [-0.39, 0.29) is 0 Å². The van der Waals surface area contributed by atoms with Crippen molar-refractivity contribution < 1.29 is 18.7 Å². The summed E-state index contributed by atoms with van der Waals surface area (Å²) in [7, 11) is 0. The molecule has 1 heterocycles. The SMILES string of the molecule is Cc1ccc(OCCOCCOCc2cc(C)on2)cc1. The highest BCUT2D eigenvalue weighted by Crippen LogP contribution is 2.10. The molecule has 114 valence electrons. The van der Waals surface area contributed by atoms with Gasteiger partial charge in [-0.25, -0.2) is 0 Å². The second-order valence-electron chi connectivity index (χ2n) is 4.76. The van der Waals surface area contributed by atoms with Crippen LogP contribution in [0.15, 0.2) is 34.9 Å². The minimum atomic E-state index is 0.445. The van der Waals surface area contributed by atoms with Gasteiger partial charge in [0, 0.05) is 6.07 Å². The first-order valence-corrected chi connectivity index (χ1v) is 7.01. The molecule has 0 radical (unpaired) electrons. The molecule has 0 fully saturated rings. The molecule has 0 amide bonds. The number of hydrogen-bond acceptors (Lipinski definition) is 5. The van der Waals surface area contributed by atoms with Crippen LogP contribution < -0.4 is 4.74 Å². The standard InChI is InChI=1S/C16H21NO4/c1-13-3-5-16(6-4-13)20-10-9-18-7-8-19-12-15-11-14(2)21-17-15/h3-6,11H,7-10,12H2,1-2H3. The summed E-state index contributed by atoms with van der Waals surface area (Å²) in [5, 5.41) is 3.84. The summed E-state index contributed by atoms with van der Waals surface area (Å²) >= 11 is 0. The Bertz CT molecular complexity index is 521. The highest BCUT2D eigenvalue weighted by atomic mass is 16.5. The lowest BCUT2D eigenvalue weighted by Gasteiger charge is -2.07. The molecule has 2 aromatic rings. The van der Waals surface area contributed by atoms with Gasteiger partial charge in [-0.1, -0.05) is 22.9 Å². The summed E-state index contributed by atoms with van der Waals surface area (Å²) in [6.07, 6.45) is 0. The minimum Gasteiger partial charge on any atom is -0.491 e. The van der Waals surface area contributed by atoms with E-state index in [2.05, 4.69) is 5.16 Å². The molecule has 0 aliphatic carbocycles. The fourth-order valence-corrected chi connectivity index (χ4v) is 1.74. The molecule has 0 aliphatic heterocycles. The van der Waals surface area contributed by atoms with E-state index in [9.17, 15) is 0 Å². The summed E-state index contributed by atoms with van der Waals surface area (Å²) in [5.74, 6) is 1.65. The summed E-state index contributed by atoms with van der Waals surface area (Å²) in [6.45, 7) is 6.48. The van der Waals surface area contributed by atoms with Crippen molar-refractivity contribution in [3.8, 4) is 5.75 Å². The van der Waals surface area contributed by atoms with Crippen molar-refractivity contribution >= 4 is 0 Å². The zero-order valence-corrected chi connectivity index (χ0v) is 12.5. The van der Waals surface area contributed by atoms with Gasteiger partial charge in [0.2, 0.25) is 0 Å². The lowest BCUT2D eigenvalue weighted by atomic mass is 10.2. The van der Waals surface area contributed by atoms with Gasteiger partial charge in [-0.3, -0.25) is 0 Å². The molecule has 1 aromatic heterocycles. The second-order valence-corrected chi connectivity index (χ2v) is 4.76.